The number of nitrogens with zero attached hydrogens (tertiary/aromatic N) is 1. The van der Waals surface area contributed by atoms with Gasteiger partial charge in [0, 0.05) is 32.3 Å². The lowest BCUT2D eigenvalue weighted by Gasteiger charge is -2.10. The summed E-state index contributed by atoms with van der Waals surface area (Å²) in [4.78, 5) is 14.5. The molecule has 1 aromatic heterocycles. The van der Waals surface area contributed by atoms with E-state index in [9.17, 15) is 22.0 Å². The summed E-state index contributed by atoms with van der Waals surface area (Å²) < 4.78 is 52.8. The van der Waals surface area contributed by atoms with Gasteiger partial charge in [-0.1, -0.05) is 0 Å². The highest BCUT2D eigenvalue weighted by Crippen LogP contribution is 2.18. The van der Waals surface area contributed by atoms with Gasteiger partial charge in [0.2, 0.25) is 5.91 Å². The minimum atomic E-state index is -4.03. The third-order valence-corrected chi connectivity index (χ3v) is 4.33. The minimum Gasteiger partial charge on any atom is -0.368 e. The highest BCUT2D eigenvalue weighted by molar-refractivity contribution is 7.92. The third-order valence-electron chi connectivity index (χ3n) is 2.97. The minimum absolute atomic E-state index is 0.156. The number of hydrogen-bond acceptors (Lipinski definition) is 5. The molecule has 10 heteroatoms. The number of halogens is 2. The Morgan fingerprint density at radius 3 is 2.36 bits per heavy atom. The first-order chi connectivity index (χ1) is 11.8. The van der Waals surface area contributed by atoms with Gasteiger partial charge in [-0.05, 0) is 24.3 Å². The largest absolute Gasteiger partial charge is 0.368 e. The fourth-order valence-corrected chi connectivity index (χ4v) is 2.88. The number of amides is 1. The van der Waals surface area contributed by atoms with Crippen LogP contribution in [0.5, 0.6) is 0 Å². The lowest BCUT2D eigenvalue weighted by molar-refractivity contribution is -0.118. The number of anilines is 2. The molecule has 0 unspecified atom stereocenters. The topological polar surface area (TPSA) is 100 Å². The molecule has 7 nitrogen and oxygen atoms in total. The quantitative estimate of drug-likeness (QED) is 0.644. The molecule has 0 saturated carbocycles. The van der Waals surface area contributed by atoms with E-state index in [1.807, 2.05) is 0 Å². The van der Waals surface area contributed by atoms with Gasteiger partial charge < -0.3 is 10.6 Å². The number of carbonyl (C=O) groups excluding carboxylic acids is 1. The van der Waals surface area contributed by atoms with Gasteiger partial charge in [-0.2, -0.15) is 0 Å². The number of aromatic nitrogens is 1. The predicted octanol–water partition coefficient (Wildman–Crippen LogP) is 1.71. The molecule has 0 aliphatic heterocycles. The summed E-state index contributed by atoms with van der Waals surface area (Å²) in [5.41, 5.74) is -0.227. The lowest BCUT2D eigenvalue weighted by atomic mass is 10.3. The average molecular weight is 370 g/mol. The summed E-state index contributed by atoms with van der Waals surface area (Å²) in [6, 6.07) is 5.11. The Morgan fingerprint density at radius 2 is 1.80 bits per heavy atom. The molecule has 0 fully saturated rings. The number of rotatable bonds is 7. The van der Waals surface area contributed by atoms with Gasteiger partial charge in [0.1, 0.15) is 22.3 Å². The molecule has 0 spiro atoms. The Balaban J connectivity index is 2.03. The van der Waals surface area contributed by atoms with Gasteiger partial charge in [-0.25, -0.2) is 22.2 Å². The number of sulfonamides is 1. The highest BCUT2D eigenvalue weighted by Gasteiger charge is 2.15. The number of hydrogen-bond donors (Lipinski definition) is 3. The monoisotopic (exact) mass is 370 g/mol. The Bertz CT molecular complexity index is 837. The van der Waals surface area contributed by atoms with Crippen LogP contribution in [0, 0.1) is 11.6 Å². The molecule has 1 heterocycles. The third kappa shape index (κ3) is 5.68. The van der Waals surface area contributed by atoms with Crippen LogP contribution in [0.15, 0.2) is 41.4 Å². The van der Waals surface area contributed by atoms with Crippen molar-refractivity contribution in [2.75, 3.05) is 23.1 Å². The highest BCUT2D eigenvalue weighted by atomic mass is 32.2. The van der Waals surface area contributed by atoms with E-state index < -0.39 is 21.7 Å². The number of carbonyl (C=O) groups is 1. The molecule has 2 rings (SSSR count). The van der Waals surface area contributed by atoms with Crippen LogP contribution < -0.4 is 15.4 Å². The summed E-state index contributed by atoms with van der Waals surface area (Å²) in [5.74, 6) is -1.53. The van der Waals surface area contributed by atoms with E-state index in [-0.39, 0.29) is 16.5 Å². The Morgan fingerprint density at radius 1 is 1.12 bits per heavy atom. The van der Waals surface area contributed by atoms with E-state index in [1.165, 1.54) is 19.1 Å². The van der Waals surface area contributed by atoms with Crippen molar-refractivity contribution in [2.45, 2.75) is 11.8 Å². The second-order valence-corrected chi connectivity index (χ2v) is 6.73. The maximum atomic E-state index is 13.1. The average Bonchev–Trinajstić information content (AvgIpc) is 2.50. The molecule has 134 valence electrons. The molecular formula is C15H16F2N4O3S. The second kappa shape index (κ2) is 7.88. The molecule has 3 N–H and O–H groups in total. The van der Waals surface area contributed by atoms with Gasteiger partial charge in [0.15, 0.2) is 0 Å². The Kier molecular flexibility index (Phi) is 5.86. The van der Waals surface area contributed by atoms with Crippen LogP contribution >= 0.6 is 0 Å². The maximum absolute atomic E-state index is 13.1. The van der Waals surface area contributed by atoms with Crippen molar-refractivity contribution < 1.29 is 22.0 Å². The molecule has 2 aromatic rings. The molecule has 1 aromatic carbocycles. The molecule has 0 aliphatic rings. The summed E-state index contributed by atoms with van der Waals surface area (Å²) in [6.07, 6.45) is 1.11. The summed E-state index contributed by atoms with van der Waals surface area (Å²) >= 11 is 0. The molecule has 25 heavy (non-hydrogen) atoms. The van der Waals surface area contributed by atoms with Gasteiger partial charge in [0.05, 0.1) is 5.69 Å². The van der Waals surface area contributed by atoms with Gasteiger partial charge in [-0.3, -0.25) is 9.52 Å². The Labute approximate surface area is 143 Å². The summed E-state index contributed by atoms with van der Waals surface area (Å²) in [7, 11) is -4.03. The summed E-state index contributed by atoms with van der Waals surface area (Å²) in [6.45, 7) is 2.21. The molecule has 0 atom stereocenters. The normalized spacial score (nSPS) is 11.0. The fraction of sp³-hybridized carbons (Fsp3) is 0.200. The number of nitrogens with one attached hydrogen (secondary N) is 3. The van der Waals surface area contributed by atoms with E-state index >= 15 is 0 Å². The van der Waals surface area contributed by atoms with Gasteiger partial charge >= 0.3 is 0 Å². The SMILES string of the molecule is CC(=O)NCCNc1ccc(S(=O)(=O)Nc2cc(F)cc(F)c2)cn1. The van der Waals surface area contributed by atoms with Crippen LogP contribution in [0.25, 0.3) is 0 Å². The van der Waals surface area contributed by atoms with Crippen LogP contribution in [-0.2, 0) is 14.8 Å². The standard InChI is InChI=1S/C15H16F2N4O3S/c1-10(22)18-4-5-19-15-3-2-14(9-20-15)25(23,24)21-13-7-11(16)6-12(17)8-13/h2-3,6-9,21H,4-5H2,1H3,(H,18,22)(H,19,20). The van der Waals surface area contributed by atoms with Crippen LogP contribution in [0.1, 0.15) is 6.92 Å². The van der Waals surface area contributed by atoms with E-state index in [1.54, 1.807) is 0 Å². The first kappa shape index (κ1) is 18.6. The van der Waals surface area contributed by atoms with Crippen molar-refractivity contribution in [1.82, 2.24) is 10.3 Å². The lowest BCUT2D eigenvalue weighted by Crippen LogP contribution is -2.26. The van der Waals surface area contributed by atoms with E-state index in [0.29, 0.717) is 25.0 Å². The Hall–Kier alpha value is -2.75. The molecular weight excluding hydrogens is 354 g/mol. The summed E-state index contributed by atoms with van der Waals surface area (Å²) in [5, 5.41) is 5.49. The first-order valence-electron chi connectivity index (χ1n) is 7.19. The smallest absolute Gasteiger partial charge is 0.263 e. The van der Waals surface area contributed by atoms with Crippen LogP contribution in [0.4, 0.5) is 20.3 Å². The molecule has 0 bridgehead atoms. The fourth-order valence-electron chi connectivity index (χ4n) is 1.90. The van der Waals surface area contributed by atoms with Crippen molar-refractivity contribution in [3.05, 3.63) is 48.2 Å². The zero-order chi connectivity index (χ0) is 18.4. The molecule has 0 aliphatic carbocycles. The van der Waals surface area contributed by atoms with E-state index in [4.69, 9.17) is 0 Å². The molecule has 0 radical (unpaired) electrons. The first-order valence-corrected chi connectivity index (χ1v) is 8.68. The molecule has 1 amide bonds. The van der Waals surface area contributed by atoms with Crippen LogP contribution in [0.3, 0.4) is 0 Å². The van der Waals surface area contributed by atoms with Crippen LogP contribution in [0.2, 0.25) is 0 Å². The zero-order valence-electron chi connectivity index (χ0n) is 13.2. The van der Waals surface area contributed by atoms with Crippen LogP contribution in [-0.4, -0.2) is 32.4 Å². The van der Waals surface area contributed by atoms with Crippen molar-refractivity contribution in [3.8, 4) is 0 Å². The van der Waals surface area contributed by atoms with E-state index in [0.717, 1.165) is 18.3 Å². The van der Waals surface area contributed by atoms with Crippen molar-refractivity contribution in [3.63, 3.8) is 0 Å². The predicted molar refractivity (Wildman–Crippen MR) is 88.6 cm³/mol. The maximum Gasteiger partial charge on any atom is 0.263 e. The van der Waals surface area contributed by atoms with Crippen molar-refractivity contribution >= 4 is 27.4 Å². The van der Waals surface area contributed by atoms with Gasteiger partial charge in [-0.15, -0.1) is 0 Å². The number of pyridine rings is 1. The second-order valence-electron chi connectivity index (χ2n) is 5.05. The van der Waals surface area contributed by atoms with Crippen molar-refractivity contribution in [2.24, 2.45) is 0 Å². The zero-order valence-corrected chi connectivity index (χ0v) is 14.0. The van der Waals surface area contributed by atoms with E-state index in [2.05, 4.69) is 20.3 Å². The van der Waals surface area contributed by atoms with Crippen molar-refractivity contribution in [1.29, 1.82) is 0 Å². The van der Waals surface area contributed by atoms with Gasteiger partial charge in [0.25, 0.3) is 10.0 Å². The number of benzene rings is 1. The molecule has 0 saturated heterocycles.